The molecule has 0 radical (unpaired) electrons. The van der Waals surface area contributed by atoms with Gasteiger partial charge in [0, 0.05) is 10.6 Å². The van der Waals surface area contributed by atoms with Gasteiger partial charge in [0.15, 0.2) is 0 Å². The fourth-order valence-electron chi connectivity index (χ4n) is 1.08. The lowest BCUT2D eigenvalue weighted by molar-refractivity contribution is -0.136. The molecule has 3 nitrogen and oxygen atoms in total. The summed E-state index contributed by atoms with van der Waals surface area (Å²) in [7, 11) is 0. The Kier molecular flexibility index (Phi) is 2.78. The Balaban J connectivity index is 3.13. The molecule has 2 N–H and O–H groups in total. The molecule has 1 aromatic rings. The molecule has 4 heteroatoms. The molecule has 0 fully saturated rings. The lowest BCUT2D eigenvalue weighted by atomic mass is 10.1. The summed E-state index contributed by atoms with van der Waals surface area (Å²) in [5, 5.41) is 18.2. The largest absolute Gasteiger partial charge is 0.508 e. The lowest BCUT2D eigenvalue weighted by Crippen LogP contribution is -2.01. The van der Waals surface area contributed by atoms with Gasteiger partial charge in [0.2, 0.25) is 0 Å². The molecule has 0 atom stereocenters. The minimum atomic E-state index is -1.01. The van der Waals surface area contributed by atoms with Crippen LogP contribution in [0, 0.1) is 6.92 Å². The van der Waals surface area contributed by atoms with E-state index in [1.54, 1.807) is 13.0 Å². The number of carboxylic acids is 1. The summed E-state index contributed by atoms with van der Waals surface area (Å²) in [4.78, 5) is 10.4. The fourth-order valence-corrected chi connectivity index (χ4v) is 1.42. The highest BCUT2D eigenvalue weighted by atomic mass is 35.5. The Morgan fingerprint density at radius 2 is 2.15 bits per heavy atom. The van der Waals surface area contributed by atoms with Crippen LogP contribution in [0.25, 0.3) is 0 Å². The molecule has 0 aliphatic carbocycles. The standard InChI is InChI=1S/C9H9ClO3/c1-5-2-7(10)6(4-9(12)13)8(11)3-5/h2-3,11H,4H2,1H3,(H,12,13). The predicted octanol–water partition coefficient (Wildman–Crippen LogP) is 1.98. The second-order valence-corrected chi connectivity index (χ2v) is 3.22. The van der Waals surface area contributed by atoms with E-state index in [-0.39, 0.29) is 17.7 Å². The second-order valence-electron chi connectivity index (χ2n) is 2.81. The number of aryl methyl sites for hydroxylation is 1. The second kappa shape index (κ2) is 3.66. The normalized spacial score (nSPS) is 10.0. The maximum atomic E-state index is 10.4. The third kappa shape index (κ3) is 2.36. The summed E-state index contributed by atoms with van der Waals surface area (Å²) in [6.45, 7) is 1.77. The van der Waals surface area contributed by atoms with E-state index >= 15 is 0 Å². The summed E-state index contributed by atoms with van der Waals surface area (Å²) >= 11 is 5.76. The van der Waals surface area contributed by atoms with E-state index in [2.05, 4.69) is 0 Å². The number of phenols is 1. The van der Waals surface area contributed by atoms with Gasteiger partial charge in [0.25, 0.3) is 0 Å². The molecule has 0 heterocycles. The molecule has 0 aromatic heterocycles. The smallest absolute Gasteiger partial charge is 0.308 e. The van der Waals surface area contributed by atoms with Crippen LogP contribution in [-0.4, -0.2) is 16.2 Å². The van der Waals surface area contributed by atoms with E-state index < -0.39 is 5.97 Å². The molecule has 0 spiro atoms. The highest BCUT2D eigenvalue weighted by Crippen LogP contribution is 2.27. The number of halogens is 1. The first kappa shape index (κ1) is 9.86. The van der Waals surface area contributed by atoms with Gasteiger partial charge >= 0.3 is 5.97 Å². The molecule has 0 aliphatic rings. The summed E-state index contributed by atoms with van der Waals surface area (Å²) in [5.41, 5.74) is 1.07. The van der Waals surface area contributed by atoms with Crippen LogP contribution in [0.1, 0.15) is 11.1 Å². The van der Waals surface area contributed by atoms with Gasteiger partial charge < -0.3 is 10.2 Å². The molecular weight excluding hydrogens is 192 g/mol. The van der Waals surface area contributed by atoms with Crippen LogP contribution >= 0.6 is 11.6 Å². The molecule has 0 aliphatic heterocycles. The zero-order chi connectivity index (χ0) is 10.0. The molecule has 0 saturated heterocycles. The molecule has 0 unspecified atom stereocenters. The first-order valence-electron chi connectivity index (χ1n) is 3.70. The van der Waals surface area contributed by atoms with E-state index in [1.165, 1.54) is 6.07 Å². The average molecular weight is 201 g/mol. The van der Waals surface area contributed by atoms with E-state index in [4.69, 9.17) is 16.7 Å². The monoisotopic (exact) mass is 200 g/mol. The molecule has 1 aromatic carbocycles. The van der Waals surface area contributed by atoms with Gasteiger partial charge in [0.1, 0.15) is 5.75 Å². The molecule has 1 rings (SSSR count). The number of rotatable bonds is 2. The average Bonchev–Trinajstić information content (AvgIpc) is 1.96. The summed E-state index contributed by atoms with van der Waals surface area (Å²) in [5.74, 6) is -1.08. The van der Waals surface area contributed by atoms with E-state index in [0.29, 0.717) is 5.02 Å². The zero-order valence-electron chi connectivity index (χ0n) is 7.04. The summed E-state index contributed by atoms with van der Waals surface area (Å²) < 4.78 is 0. The number of benzene rings is 1. The van der Waals surface area contributed by atoms with Crippen molar-refractivity contribution in [2.75, 3.05) is 0 Å². The van der Waals surface area contributed by atoms with Crippen molar-refractivity contribution in [2.24, 2.45) is 0 Å². The van der Waals surface area contributed by atoms with Crippen LogP contribution in [0.15, 0.2) is 12.1 Å². The Bertz CT molecular complexity index is 324. The highest BCUT2D eigenvalue weighted by Gasteiger charge is 2.10. The van der Waals surface area contributed by atoms with E-state index in [9.17, 15) is 9.90 Å². The predicted molar refractivity (Wildman–Crippen MR) is 49.2 cm³/mol. The molecule has 0 amide bonds. The number of hydrogen-bond donors (Lipinski definition) is 2. The third-order valence-corrected chi connectivity index (χ3v) is 1.98. The summed E-state index contributed by atoms with van der Waals surface area (Å²) in [6, 6.07) is 3.11. The Morgan fingerprint density at radius 1 is 1.54 bits per heavy atom. The fraction of sp³-hybridized carbons (Fsp3) is 0.222. The van der Waals surface area contributed by atoms with Gasteiger partial charge in [-0.05, 0) is 24.6 Å². The number of carboxylic acid groups (broad SMARTS) is 1. The highest BCUT2D eigenvalue weighted by molar-refractivity contribution is 6.31. The van der Waals surface area contributed by atoms with Crippen LogP contribution in [0.3, 0.4) is 0 Å². The maximum Gasteiger partial charge on any atom is 0.308 e. The Morgan fingerprint density at radius 3 is 2.62 bits per heavy atom. The molecule has 70 valence electrons. The van der Waals surface area contributed by atoms with Crippen LogP contribution in [0.2, 0.25) is 5.02 Å². The van der Waals surface area contributed by atoms with Crippen molar-refractivity contribution < 1.29 is 15.0 Å². The van der Waals surface area contributed by atoms with Crippen molar-refractivity contribution in [2.45, 2.75) is 13.3 Å². The van der Waals surface area contributed by atoms with Crippen molar-refractivity contribution in [3.8, 4) is 5.75 Å². The van der Waals surface area contributed by atoms with Crippen molar-refractivity contribution in [1.29, 1.82) is 0 Å². The third-order valence-electron chi connectivity index (χ3n) is 1.64. The topological polar surface area (TPSA) is 57.5 Å². The molecular formula is C9H9ClO3. The first-order chi connectivity index (χ1) is 6.00. The SMILES string of the molecule is Cc1cc(O)c(CC(=O)O)c(Cl)c1. The molecule has 13 heavy (non-hydrogen) atoms. The number of phenolic OH excluding ortho intramolecular Hbond substituents is 1. The summed E-state index contributed by atoms with van der Waals surface area (Å²) in [6.07, 6.45) is -0.259. The van der Waals surface area contributed by atoms with Crippen LogP contribution in [-0.2, 0) is 11.2 Å². The quantitative estimate of drug-likeness (QED) is 0.768. The zero-order valence-corrected chi connectivity index (χ0v) is 7.80. The minimum absolute atomic E-state index is 0.0626. The van der Waals surface area contributed by atoms with Gasteiger partial charge in [0.05, 0.1) is 6.42 Å². The van der Waals surface area contributed by atoms with Crippen molar-refractivity contribution in [3.05, 3.63) is 28.3 Å². The van der Waals surface area contributed by atoms with Crippen LogP contribution in [0.5, 0.6) is 5.75 Å². The van der Waals surface area contributed by atoms with Gasteiger partial charge in [-0.25, -0.2) is 0 Å². The molecule has 0 bridgehead atoms. The van der Waals surface area contributed by atoms with Gasteiger partial charge in [-0.15, -0.1) is 0 Å². The maximum absolute atomic E-state index is 10.4. The van der Waals surface area contributed by atoms with Gasteiger partial charge in [-0.1, -0.05) is 11.6 Å². The number of aromatic hydroxyl groups is 1. The number of carbonyl (C=O) groups is 1. The molecule has 0 saturated carbocycles. The Labute approximate surface area is 80.6 Å². The minimum Gasteiger partial charge on any atom is -0.508 e. The van der Waals surface area contributed by atoms with Gasteiger partial charge in [-0.3, -0.25) is 4.79 Å². The van der Waals surface area contributed by atoms with Crippen molar-refractivity contribution >= 4 is 17.6 Å². The number of hydrogen-bond acceptors (Lipinski definition) is 2. The van der Waals surface area contributed by atoms with E-state index in [1.807, 2.05) is 0 Å². The van der Waals surface area contributed by atoms with Gasteiger partial charge in [-0.2, -0.15) is 0 Å². The van der Waals surface area contributed by atoms with Crippen LogP contribution < -0.4 is 0 Å². The van der Waals surface area contributed by atoms with Crippen molar-refractivity contribution in [3.63, 3.8) is 0 Å². The number of aliphatic carboxylic acids is 1. The van der Waals surface area contributed by atoms with E-state index in [0.717, 1.165) is 5.56 Å². The lowest BCUT2D eigenvalue weighted by Gasteiger charge is -2.05. The van der Waals surface area contributed by atoms with Crippen molar-refractivity contribution in [1.82, 2.24) is 0 Å². The first-order valence-corrected chi connectivity index (χ1v) is 4.08. The Hall–Kier alpha value is -1.22. The van der Waals surface area contributed by atoms with Crippen LogP contribution in [0.4, 0.5) is 0 Å².